The van der Waals surface area contributed by atoms with E-state index in [1.54, 1.807) is 12.1 Å². The van der Waals surface area contributed by atoms with Crippen molar-refractivity contribution in [2.75, 3.05) is 42.9 Å². The number of aromatic nitrogens is 2. The van der Waals surface area contributed by atoms with Crippen molar-refractivity contribution in [2.24, 2.45) is 0 Å². The molecule has 1 aliphatic heterocycles. The molecule has 4 rings (SSSR count). The molecule has 0 radical (unpaired) electrons. The lowest BCUT2D eigenvalue weighted by Crippen LogP contribution is -2.43. The van der Waals surface area contributed by atoms with Crippen LogP contribution in [0.25, 0.3) is 10.9 Å². The molecule has 0 bridgehead atoms. The van der Waals surface area contributed by atoms with E-state index >= 15 is 0 Å². The Morgan fingerprint density at radius 2 is 2.00 bits per heavy atom. The van der Waals surface area contributed by atoms with E-state index in [-0.39, 0.29) is 10.6 Å². The molecule has 1 aliphatic rings. The molecule has 1 aromatic heterocycles. The summed E-state index contributed by atoms with van der Waals surface area (Å²) >= 11 is 6.21. The Bertz CT molecular complexity index is 1040. The van der Waals surface area contributed by atoms with E-state index in [0.29, 0.717) is 35.4 Å². The van der Waals surface area contributed by atoms with Gasteiger partial charge in [0.1, 0.15) is 17.8 Å². The molecule has 3 aromatic rings. The van der Waals surface area contributed by atoms with Crippen LogP contribution in [0.1, 0.15) is 5.56 Å². The Balaban J connectivity index is 1.62. The number of nitrogens with zero attached hydrogens (tertiary/aromatic N) is 4. The van der Waals surface area contributed by atoms with Gasteiger partial charge in [0.2, 0.25) is 0 Å². The normalized spacial score (nSPS) is 14.2. The SMILES string of the molecule is O=[N+]([O-])c1cc2c(NCCc3ccccc3Cl)ncnc2cc1N1CCNCC1. The first-order valence-corrected chi connectivity index (χ1v) is 9.87. The Morgan fingerprint density at radius 3 is 2.76 bits per heavy atom. The molecule has 150 valence electrons. The van der Waals surface area contributed by atoms with Crippen molar-refractivity contribution in [3.05, 3.63) is 63.4 Å². The van der Waals surface area contributed by atoms with Crippen LogP contribution in [-0.4, -0.2) is 47.6 Å². The van der Waals surface area contributed by atoms with E-state index in [9.17, 15) is 10.1 Å². The summed E-state index contributed by atoms with van der Waals surface area (Å²) in [4.78, 5) is 22.1. The first-order valence-electron chi connectivity index (χ1n) is 9.49. The summed E-state index contributed by atoms with van der Waals surface area (Å²) in [5.74, 6) is 0.581. The van der Waals surface area contributed by atoms with Gasteiger partial charge in [0, 0.05) is 49.2 Å². The average molecular weight is 413 g/mol. The third-order valence-electron chi connectivity index (χ3n) is 5.03. The Labute approximate surface area is 173 Å². The summed E-state index contributed by atoms with van der Waals surface area (Å²) in [7, 11) is 0. The first kappa shape index (κ1) is 19.4. The highest BCUT2D eigenvalue weighted by Gasteiger charge is 2.23. The molecular weight excluding hydrogens is 392 g/mol. The molecule has 0 spiro atoms. The van der Waals surface area contributed by atoms with Gasteiger partial charge < -0.3 is 15.5 Å². The van der Waals surface area contributed by atoms with Crippen LogP contribution < -0.4 is 15.5 Å². The maximum Gasteiger partial charge on any atom is 0.293 e. The van der Waals surface area contributed by atoms with Gasteiger partial charge in [-0.25, -0.2) is 9.97 Å². The third-order valence-corrected chi connectivity index (χ3v) is 5.40. The largest absolute Gasteiger partial charge is 0.369 e. The lowest BCUT2D eigenvalue weighted by atomic mass is 10.1. The fraction of sp³-hybridized carbons (Fsp3) is 0.300. The highest BCUT2D eigenvalue weighted by molar-refractivity contribution is 6.31. The molecule has 0 saturated carbocycles. The van der Waals surface area contributed by atoms with Gasteiger partial charge in [0.05, 0.1) is 10.4 Å². The minimum atomic E-state index is -0.336. The van der Waals surface area contributed by atoms with Crippen LogP contribution in [0.15, 0.2) is 42.7 Å². The number of benzene rings is 2. The first-order chi connectivity index (χ1) is 14.1. The maximum atomic E-state index is 11.7. The van der Waals surface area contributed by atoms with E-state index in [2.05, 4.69) is 20.6 Å². The molecule has 2 heterocycles. The van der Waals surface area contributed by atoms with Crippen molar-refractivity contribution in [3.8, 4) is 0 Å². The van der Waals surface area contributed by atoms with Gasteiger partial charge in [-0.3, -0.25) is 10.1 Å². The standard InChI is InChI=1S/C20H21ClN6O2/c21-16-4-2-1-3-14(16)5-6-23-20-15-11-19(27(28)29)18(12-17(15)24-13-25-20)26-9-7-22-8-10-26/h1-4,11-13,22H,5-10H2,(H,23,24,25). The second-order valence-electron chi connectivity index (χ2n) is 6.84. The molecule has 29 heavy (non-hydrogen) atoms. The Morgan fingerprint density at radius 1 is 1.21 bits per heavy atom. The zero-order valence-corrected chi connectivity index (χ0v) is 16.5. The number of hydrogen-bond donors (Lipinski definition) is 2. The summed E-state index contributed by atoms with van der Waals surface area (Å²) in [5, 5.41) is 19.6. The molecule has 2 N–H and O–H groups in total. The highest BCUT2D eigenvalue weighted by atomic mass is 35.5. The predicted molar refractivity (Wildman–Crippen MR) is 115 cm³/mol. The van der Waals surface area contributed by atoms with Gasteiger partial charge in [0.15, 0.2) is 0 Å². The predicted octanol–water partition coefficient (Wildman–Crippen LogP) is 3.26. The lowest BCUT2D eigenvalue weighted by Gasteiger charge is -2.29. The number of nitro groups is 1. The van der Waals surface area contributed by atoms with Crippen molar-refractivity contribution in [3.63, 3.8) is 0 Å². The smallest absolute Gasteiger partial charge is 0.293 e. The monoisotopic (exact) mass is 412 g/mol. The number of piperazine rings is 1. The second kappa shape index (κ2) is 8.59. The van der Waals surface area contributed by atoms with Crippen LogP contribution in [0.2, 0.25) is 5.02 Å². The van der Waals surface area contributed by atoms with E-state index < -0.39 is 0 Å². The van der Waals surface area contributed by atoms with Gasteiger partial charge >= 0.3 is 0 Å². The van der Waals surface area contributed by atoms with Crippen LogP contribution in [0.5, 0.6) is 0 Å². The van der Waals surface area contributed by atoms with Crippen molar-refractivity contribution in [2.45, 2.75) is 6.42 Å². The van der Waals surface area contributed by atoms with Gasteiger partial charge in [0.25, 0.3) is 5.69 Å². The molecule has 9 heteroatoms. The quantitative estimate of drug-likeness (QED) is 0.473. The van der Waals surface area contributed by atoms with Crippen molar-refractivity contribution >= 4 is 39.7 Å². The molecule has 2 aromatic carbocycles. The number of halogens is 1. The minimum Gasteiger partial charge on any atom is -0.369 e. The molecule has 0 atom stereocenters. The van der Waals surface area contributed by atoms with Crippen LogP contribution >= 0.6 is 11.6 Å². The minimum absolute atomic E-state index is 0.0725. The topological polar surface area (TPSA) is 96.2 Å². The molecule has 0 unspecified atom stereocenters. The van der Waals surface area contributed by atoms with E-state index in [0.717, 1.165) is 36.8 Å². The second-order valence-corrected chi connectivity index (χ2v) is 7.25. The van der Waals surface area contributed by atoms with Crippen LogP contribution in [0.4, 0.5) is 17.2 Å². The van der Waals surface area contributed by atoms with Crippen LogP contribution in [-0.2, 0) is 6.42 Å². The summed E-state index contributed by atoms with van der Waals surface area (Å²) < 4.78 is 0. The number of anilines is 2. The molecule has 1 saturated heterocycles. The number of nitro benzene ring substituents is 1. The highest BCUT2D eigenvalue weighted by Crippen LogP contribution is 2.34. The molecule has 8 nitrogen and oxygen atoms in total. The lowest BCUT2D eigenvalue weighted by molar-refractivity contribution is -0.384. The molecule has 0 amide bonds. The zero-order chi connectivity index (χ0) is 20.2. The summed E-state index contributed by atoms with van der Waals surface area (Å²) in [6, 6.07) is 11.0. The van der Waals surface area contributed by atoms with Gasteiger partial charge in [-0.05, 0) is 24.1 Å². The average Bonchev–Trinajstić information content (AvgIpc) is 2.75. The molecule has 1 fully saturated rings. The van der Waals surface area contributed by atoms with Crippen molar-refractivity contribution < 1.29 is 4.92 Å². The molecule has 0 aliphatic carbocycles. The van der Waals surface area contributed by atoms with Gasteiger partial charge in [-0.15, -0.1) is 0 Å². The maximum absolute atomic E-state index is 11.7. The van der Waals surface area contributed by atoms with Crippen molar-refractivity contribution in [1.82, 2.24) is 15.3 Å². The van der Waals surface area contributed by atoms with Crippen LogP contribution in [0, 0.1) is 10.1 Å². The molecular formula is C20H21ClN6O2. The third kappa shape index (κ3) is 4.23. The summed E-state index contributed by atoms with van der Waals surface area (Å²) in [5.41, 5.74) is 2.39. The van der Waals surface area contributed by atoms with Crippen molar-refractivity contribution in [1.29, 1.82) is 0 Å². The summed E-state index contributed by atoms with van der Waals surface area (Å²) in [6.07, 6.45) is 2.19. The number of fused-ring (bicyclic) bond motifs is 1. The van der Waals surface area contributed by atoms with E-state index in [1.807, 2.05) is 29.2 Å². The Kier molecular flexibility index (Phi) is 5.73. The van der Waals surface area contributed by atoms with Gasteiger partial charge in [-0.2, -0.15) is 0 Å². The fourth-order valence-electron chi connectivity index (χ4n) is 3.54. The van der Waals surface area contributed by atoms with E-state index in [1.165, 1.54) is 6.33 Å². The number of rotatable bonds is 6. The Hall–Kier alpha value is -2.97. The summed E-state index contributed by atoms with van der Waals surface area (Å²) in [6.45, 7) is 3.64. The van der Waals surface area contributed by atoms with Crippen LogP contribution in [0.3, 0.4) is 0 Å². The number of nitrogens with one attached hydrogen (secondary N) is 2. The number of hydrogen-bond acceptors (Lipinski definition) is 7. The van der Waals surface area contributed by atoms with Gasteiger partial charge in [-0.1, -0.05) is 29.8 Å². The van der Waals surface area contributed by atoms with E-state index in [4.69, 9.17) is 11.6 Å². The fourth-order valence-corrected chi connectivity index (χ4v) is 3.77. The zero-order valence-electron chi connectivity index (χ0n) is 15.8.